The average Bonchev–Trinajstić information content (AvgIpc) is 3.06. The van der Waals surface area contributed by atoms with Gasteiger partial charge in [0.2, 0.25) is 5.16 Å². The summed E-state index contributed by atoms with van der Waals surface area (Å²) in [6.07, 6.45) is 0. The highest BCUT2D eigenvalue weighted by molar-refractivity contribution is 7.98. The number of thiophene rings is 1. The maximum Gasteiger partial charge on any atom is 0.214 e. The van der Waals surface area contributed by atoms with E-state index in [0.29, 0.717) is 5.02 Å². The minimum atomic E-state index is 0.684. The van der Waals surface area contributed by atoms with Gasteiger partial charge in [0.15, 0.2) is 0 Å². The normalized spacial score (nSPS) is 10.9. The van der Waals surface area contributed by atoms with Gasteiger partial charge in [0.25, 0.3) is 0 Å². The minimum absolute atomic E-state index is 0.684. The van der Waals surface area contributed by atoms with E-state index in [4.69, 9.17) is 23.2 Å². The molecule has 20 heavy (non-hydrogen) atoms. The predicted molar refractivity (Wildman–Crippen MR) is 83.1 cm³/mol. The zero-order chi connectivity index (χ0) is 13.9. The maximum absolute atomic E-state index is 5.91. The van der Waals surface area contributed by atoms with Crippen molar-refractivity contribution in [1.82, 2.24) is 20.2 Å². The smallest absolute Gasteiger partial charge is 0.187 e. The third-order valence-electron chi connectivity index (χ3n) is 2.48. The van der Waals surface area contributed by atoms with Crippen LogP contribution in [0, 0.1) is 0 Å². The number of benzene rings is 1. The molecule has 0 fully saturated rings. The van der Waals surface area contributed by atoms with E-state index in [1.807, 2.05) is 36.4 Å². The number of hydrogen-bond donors (Lipinski definition) is 0. The Bertz CT molecular complexity index is 708. The summed E-state index contributed by atoms with van der Waals surface area (Å²) in [7, 11) is 0. The molecule has 102 valence electrons. The third kappa shape index (κ3) is 3.15. The van der Waals surface area contributed by atoms with Crippen LogP contribution in [0.3, 0.4) is 0 Å². The van der Waals surface area contributed by atoms with Crippen molar-refractivity contribution in [3.05, 3.63) is 50.6 Å². The van der Waals surface area contributed by atoms with Gasteiger partial charge in [0, 0.05) is 15.7 Å². The van der Waals surface area contributed by atoms with E-state index in [9.17, 15) is 0 Å². The lowest BCUT2D eigenvalue weighted by molar-refractivity contribution is 0.756. The molecule has 0 aliphatic heterocycles. The molecule has 0 radical (unpaired) electrons. The fraction of sp³-hybridized carbons (Fsp3) is 0.0833. The average molecular weight is 343 g/mol. The van der Waals surface area contributed by atoms with Crippen molar-refractivity contribution < 1.29 is 0 Å². The summed E-state index contributed by atoms with van der Waals surface area (Å²) in [6, 6.07) is 11.3. The first-order chi connectivity index (χ1) is 9.72. The summed E-state index contributed by atoms with van der Waals surface area (Å²) in [5.41, 5.74) is 0.881. The highest BCUT2D eigenvalue weighted by atomic mass is 35.5. The topological polar surface area (TPSA) is 43.6 Å². The van der Waals surface area contributed by atoms with Crippen molar-refractivity contribution in [2.24, 2.45) is 0 Å². The maximum atomic E-state index is 5.91. The Morgan fingerprint density at radius 2 is 1.90 bits per heavy atom. The molecule has 4 nitrogen and oxygen atoms in total. The summed E-state index contributed by atoms with van der Waals surface area (Å²) < 4.78 is 2.48. The van der Waals surface area contributed by atoms with Gasteiger partial charge < -0.3 is 0 Å². The number of rotatable bonds is 4. The van der Waals surface area contributed by atoms with Crippen LogP contribution in [0.4, 0.5) is 0 Å². The second kappa shape index (κ2) is 6.13. The Morgan fingerprint density at radius 3 is 2.60 bits per heavy atom. The van der Waals surface area contributed by atoms with Gasteiger partial charge in [-0.05, 0) is 46.8 Å². The van der Waals surface area contributed by atoms with Crippen LogP contribution in [0.5, 0.6) is 0 Å². The van der Waals surface area contributed by atoms with E-state index >= 15 is 0 Å². The molecule has 0 unspecified atom stereocenters. The van der Waals surface area contributed by atoms with Gasteiger partial charge in [-0.1, -0.05) is 35.0 Å². The Hall–Kier alpha value is -1.08. The molecule has 0 aliphatic carbocycles. The highest BCUT2D eigenvalue weighted by Gasteiger charge is 2.10. The molecule has 0 N–H and O–H groups in total. The molecule has 2 heterocycles. The number of aromatic nitrogens is 4. The second-order valence-electron chi connectivity index (χ2n) is 3.84. The van der Waals surface area contributed by atoms with Crippen LogP contribution >= 0.6 is 46.3 Å². The lowest BCUT2D eigenvalue weighted by atomic mass is 10.3. The first kappa shape index (κ1) is 13.9. The monoisotopic (exact) mass is 342 g/mol. The molecular weight excluding hydrogens is 335 g/mol. The molecule has 3 aromatic rings. The second-order valence-corrected chi connectivity index (χ2v) is 7.02. The van der Waals surface area contributed by atoms with Crippen LogP contribution in [-0.4, -0.2) is 20.2 Å². The fourth-order valence-corrected chi connectivity index (χ4v) is 3.73. The van der Waals surface area contributed by atoms with Gasteiger partial charge >= 0.3 is 0 Å². The van der Waals surface area contributed by atoms with Crippen LogP contribution in [0.15, 0.2) is 41.6 Å². The Morgan fingerprint density at radius 1 is 1.10 bits per heavy atom. The number of tetrazole rings is 1. The summed E-state index contributed by atoms with van der Waals surface area (Å²) in [4.78, 5) is 1.19. The highest BCUT2D eigenvalue weighted by Crippen LogP contribution is 2.28. The Kier molecular flexibility index (Phi) is 4.26. The SMILES string of the molecule is Clc1ccc(-n2nnnc2SCc2ccc(Cl)s2)cc1. The molecule has 0 saturated heterocycles. The third-order valence-corrected chi connectivity index (χ3v) is 5.12. The van der Waals surface area contributed by atoms with Crippen LogP contribution in [-0.2, 0) is 5.75 Å². The van der Waals surface area contributed by atoms with Crippen molar-refractivity contribution in [1.29, 1.82) is 0 Å². The van der Waals surface area contributed by atoms with E-state index in [1.165, 1.54) is 4.88 Å². The van der Waals surface area contributed by atoms with Gasteiger partial charge in [0.1, 0.15) is 0 Å². The largest absolute Gasteiger partial charge is 0.214 e. The van der Waals surface area contributed by atoms with Crippen molar-refractivity contribution >= 4 is 46.3 Å². The number of hydrogen-bond acceptors (Lipinski definition) is 5. The van der Waals surface area contributed by atoms with Gasteiger partial charge in [-0.3, -0.25) is 0 Å². The Balaban J connectivity index is 1.78. The molecule has 0 saturated carbocycles. The molecule has 1 aromatic carbocycles. The van der Waals surface area contributed by atoms with Gasteiger partial charge in [-0.2, -0.15) is 4.68 Å². The zero-order valence-electron chi connectivity index (χ0n) is 10.0. The zero-order valence-corrected chi connectivity index (χ0v) is 13.2. The number of halogens is 2. The number of thioether (sulfide) groups is 1. The quantitative estimate of drug-likeness (QED) is 0.662. The standard InChI is InChI=1S/C12H8Cl2N4S2/c13-8-1-3-9(4-2-8)18-12(15-16-17-18)19-7-10-5-6-11(14)20-10/h1-6H,7H2. The molecule has 0 atom stereocenters. The number of nitrogens with zero attached hydrogens (tertiary/aromatic N) is 4. The lowest BCUT2D eigenvalue weighted by Crippen LogP contribution is -1.98. The molecular formula is C12H8Cl2N4S2. The van der Waals surface area contributed by atoms with Crippen LogP contribution in [0.2, 0.25) is 9.36 Å². The molecule has 2 aromatic heterocycles. The first-order valence-corrected chi connectivity index (χ1v) is 8.19. The van der Waals surface area contributed by atoms with E-state index in [2.05, 4.69) is 15.5 Å². The fourth-order valence-electron chi connectivity index (χ4n) is 1.58. The van der Waals surface area contributed by atoms with E-state index in [-0.39, 0.29) is 0 Å². The van der Waals surface area contributed by atoms with Crippen LogP contribution in [0.25, 0.3) is 5.69 Å². The van der Waals surface area contributed by atoms with Gasteiger partial charge in [-0.25, -0.2) is 0 Å². The molecule has 8 heteroatoms. The van der Waals surface area contributed by atoms with Crippen LogP contribution in [0.1, 0.15) is 4.88 Å². The summed E-state index contributed by atoms with van der Waals surface area (Å²) in [5.74, 6) is 0.783. The molecule has 0 spiro atoms. The first-order valence-electron chi connectivity index (χ1n) is 5.64. The van der Waals surface area contributed by atoms with Crippen molar-refractivity contribution in [2.45, 2.75) is 10.9 Å². The van der Waals surface area contributed by atoms with E-state index in [0.717, 1.165) is 20.9 Å². The lowest BCUT2D eigenvalue weighted by Gasteiger charge is -2.03. The molecule has 0 aliphatic rings. The van der Waals surface area contributed by atoms with E-state index < -0.39 is 0 Å². The van der Waals surface area contributed by atoms with E-state index in [1.54, 1.807) is 27.8 Å². The molecule has 0 amide bonds. The van der Waals surface area contributed by atoms with Crippen molar-refractivity contribution in [3.63, 3.8) is 0 Å². The summed E-state index contributed by atoms with van der Waals surface area (Å²) in [6.45, 7) is 0. The predicted octanol–water partition coefficient (Wildman–Crippen LogP) is 4.32. The van der Waals surface area contributed by atoms with Crippen molar-refractivity contribution in [2.75, 3.05) is 0 Å². The van der Waals surface area contributed by atoms with Gasteiger partial charge in [0.05, 0.1) is 10.0 Å². The molecule has 3 rings (SSSR count). The summed E-state index contributed by atoms with van der Waals surface area (Å²) >= 11 is 14.9. The summed E-state index contributed by atoms with van der Waals surface area (Å²) in [5, 5.41) is 13.2. The van der Waals surface area contributed by atoms with Crippen molar-refractivity contribution in [3.8, 4) is 5.69 Å². The Labute approximate surface area is 133 Å². The molecule has 0 bridgehead atoms. The minimum Gasteiger partial charge on any atom is -0.187 e. The van der Waals surface area contributed by atoms with Crippen LogP contribution < -0.4 is 0 Å². The van der Waals surface area contributed by atoms with Gasteiger partial charge in [-0.15, -0.1) is 16.4 Å².